The molecule has 10 atom stereocenters. The van der Waals surface area contributed by atoms with E-state index in [-0.39, 0.29) is 121 Å². The lowest BCUT2D eigenvalue weighted by molar-refractivity contribution is -0.145. The van der Waals surface area contributed by atoms with Gasteiger partial charge in [0.1, 0.15) is 29.6 Å². The summed E-state index contributed by atoms with van der Waals surface area (Å²) in [6, 6.07) is 18.6. The molecule has 8 aliphatic rings. The molecule has 0 aromatic heterocycles. The maximum absolute atomic E-state index is 16.0. The van der Waals surface area contributed by atoms with E-state index in [2.05, 4.69) is 21.3 Å². The first kappa shape index (κ1) is 69.2. The van der Waals surface area contributed by atoms with E-state index in [4.69, 9.17) is 61.6 Å². The van der Waals surface area contributed by atoms with Crippen LogP contribution < -0.4 is 27.0 Å². The molecule has 4 aliphatic heterocycles. The average Bonchev–Trinajstić information content (AvgIpc) is 1.48. The van der Waals surface area contributed by atoms with Crippen molar-refractivity contribution >= 4 is 106 Å². The number of likely N-dealkylation sites (N-methyl/N-ethyl adjacent to an activating group) is 2. The zero-order valence-electron chi connectivity index (χ0n) is 49.5. The molecule has 4 saturated carbocycles. The van der Waals surface area contributed by atoms with Gasteiger partial charge in [-0.25, -0.2) is 8.78 Å². The van der Waals surface area contributed by atoms with E-state index in [0.29, 0.717) is 65.1 Å². The van der Waals surface area contributed by atoms with Crippen molar-refractivity contribution in [2.24, 2.45) is 45.1 Å². The molecule has 4 aromatic rings. The van der Waals surface area contributed by atoms with Gasteiger partial charge >= 0.3 is 5.97 Å². The number of aliphatic carboxylic acids is 1. The molecule has 4 amide bonds. The zero-order valence-corrected chi connectivity index (χ0v) is 53.3. The van der Waals surface area contributed by atoms with Crippen molar-refractivity contribution in [3.8, 4) is 0 Å². The summed E-state index contributed by atoms with van der Waals surface area (Å²) in [6.07, 6.45) is 2.08. The van der Waals surface area contributed by atoms with Crippen LogP contribution in [-0.2, 0) is 49.1 Å². The van der Waals surface area contributed by atoms with E-state index in [1.807, 2.05) is 13.8 Å². The van der Waals surface area contributed by atoms with E-state index in [1.54, 1.807) is 48.5 Å². The molecule has 25 heteroatoms. The number of benzene rings is 4. The third kappa shape index (κ3) is 11.6. The SMILES string of the molecule is CCNC(=O)[C@@H]1CC[C@@H](CC(=O)[C@@H]2CC3(CC(CF)(CF)C3)[C@@]3(C(=O)Nc4cc(Cl)ccc43)[C@H]2c2cccc(Cl)c2F)CO1.CCNC(=O)[C@@H]1CC[C@@H](N)CO1.Cl.O=C(O)[C@@H]1CC2(CC(CF)(CF)C2)[C@@]2(C(=O)Nc3cc(Cl)ccc32)[C@H]1c1cccc(Cl)c1F. The van der Waals surface area contributed by atoms with E-state index < -0.39 is 118 Å². The van der Waals surface area contributed by atoms with Gasteiger partial charge in [-0.2, -0.15) is 0 Å². The fourth-order valence-electron chi connectivity index (χ4n) is 17.1. The molecule has 6 fully saturated rings. The maximum atomic E-state index is 16.0. The van der Waals surface area contributed by atoms with Crippen LogP contribution in [0.4, 0.5) is 37.7 Å². The molecule has 488 valence electrons. The Morgan fingerprint density at radius 3 is 1.43 bits per heavy atom. The zero-order chi connectivity index (χ0) is 64.2. The Labute approximate surface area is 543 Å². The van der Waals surface area contributed by atoms with Crippen molar-refractivity contribution in [2.45, 2.75) is 125 Å². The van der Waals surface area contributed by atoms with E-state index in [0.717, 1.165) is 12.8 Å². The lowest BCUT2D eigenvalue weighted by Crippen LogP contribution is -2.61. The number of nitrogens with one attached hydrogen (secondary N) is 4. The second-order valence-corrected chi connectivity index (χ2v) is 27.5. The number of carboxylic acids is 1. The molecule has 0 radical (unpaired) electrons. The van der Waals surface area contributed by atoms with Crippen molar-refractivity contribution in [1.29, 1.82) is 0 Å². The Morgan fingerprint density at radius 1 is 0.622 bits per heavy atom. The number of hydrogen-bond donors (Lipinski definition) is 6. The Hall–Kier alpha value is -5.19. The van der Waals surface area contributed by atoms with Gasteiger partial charge < -0.3 is 41.6 Å². The molecule has 2 saturated heterocycles. The number of carboxylic acid groups (broad SMARTS) is 1. The summed E-state index contributed by atoms with van der Waals surface area (Å²) in [4.78, 5) is 78.5. The van der Waals surface area contributed by atoms with E-state index >= 15 is 8.78 Å². The van der Waals surface area contributed by atoms with Crippen LogP contribution in [0.25, 0.3) is 0 Å². The van der Waals surface area contributed by atoms with Crippen molar-refractivity contribution in [3.05, 3.63) is 127 Å². The summed E-state index contributed by atoms with van der Waals surface area (Å²) < 4.78 is 98.9. The molecular formula is C65H72Cl5F6N5O9. The lowest BCUT2D eigenvalue weighted by Gasteiger charge is -2.59. The molecule has 4 spiro atoms. The fraction of sp³-hybridized carbons (Fsp3) is 0.538. The van der Waals surface area contributed by atoms with Crippen LogP contribution in [-0.4, -0.2) is 112 Å². The second kappa shape index (κ2) is 27.0. The number of nitrogens with two attached hydrogens (primary N) is 1. The molecule has 4 aliphatic carbocycles. The largest absolute Gasteiger partial charge is 0.481 e. The van der Waals surface area contributed by atoms with Crippen LogP contribution in [0.2, 0.25) is 20.1 Å². The van der Waals surface area contributed by atoms with E-state index in [9.17, 15) is 51.4 Å². The summed E-state index contributed by atoms with van der Waals surface area (Å²) in [6.45, 7) is 1.92. The van der Waals surface area contributed by atoms with E-state index in [1.165, 1.54) is 24.3 Å². The van der Waals surface area contributed by atoms with Crippen molar-refractivity contribution in [1.82, 2.24) is 10.6 Å². The van der Waals surface area contributed by atoms with Crippen LogP contribution in [0.1, 0.15) is 119 Å². The summed E-state index contributed by atoms with van der Waals surface area (Å²) in [5, 5.41) is 21.8. The predicted molar refractivity (Wildman–Crippen MR) is 331 cm³/mol. The molecule has 7 N–H and O–H groups in total. The molecule has 4 heterocycles. The fourth-order valence-corrected chi connectivity index (χ4v) is 17.8. The van der Waals surface area contributed by atoms with Gasteiger partial charge in [-0.1, -0.05) is 82.8 Å². The maximum Gasteiger partial charge on any atom is 0.307 e. The average molecular weight is 1360 g/mol. The Morgan fingerprint density at radius 2 is 1.04 bits per heavy atom. The second-order valence-electron chi connectivity index (χ2n) is 25.8. The number of alkyl halides is 4. The number of fused-ring (bicyclic) bond motifs is 6. The van der Waals surface area contributed by atoms with Crippen LogP contribution >= 0.6 is 58.8 Å². The summed E-state index contributed by atoms with van der Waals surface area (Å²) >= 11 is 24.7. The highest BCUT2D eigenvalue weighted by molar-refractivity contribution is 6.32. The van der Waals surface area contributed by atoms with Gasteiger partial charge in [-0.3, -0.25) is 46.3 Å². The first-order valence-electron chi connectivity index (χ1n) is 30.1. The van der Waals surface area contributed by atoms with Crippen LogP contribution in [0, 0.1) is 51.0 Å². The van der Waals surface area contributed by atoms with Crippen molar-refractivity contribution in [3.63, 3.8) is 0 Å². The topological polar surface area (TPSA) is 215 Å². The quantitative estimate of drug-likeness (QED) is 0.0657. The number of rotatable bonds is 14. The number of Topliss-reactive ketones (excluding diaryl/α,β-unsaturated/α-hetero) is 1. The van der Waals surface area contributed by atoms with Gasteiger partial charge in [0.2, 0.25) is 23.6 Å². The van der Waals surface area contributed by atoms with Crippen molar-refractivity contribution in [2.75, 3.05) is 63.6 Å². The molecule has 12 rings (SSSR count). The number of ketones is 1. The lowest BCUT2D eigenvalue weighted by atomic mass is 9.43. The van der Waals surface area contributed by atoms with Crippen molar-refractivity contribution < 1.29 is 69.7 Å². The van der Waals surface area contributed by atoms with Crippen LogP contribution in [0.5, 0.6) is 0 Å². The van der Waals surface area contributed by atoms with Gasteiger partial charge in [-0.05, 0) is 153 Å². The normalized spacial score (nSPS) is 29.0. The van der Waals surface area contributed by atoms with Gasteiger partial charge in [0.05, 0.1) is 66.7 Å². The molecule has 4 aromatic carbocycles. The first-order valence-corrected chi connectivity index (χ1v) is 31.6. The Kier molecular flexibility index (Phi) is 20.8. The number of carbonyl (C=O) groups excluding carboxylic acids is 5. The molecule has 0 bridgehead atoms. The highest BCUT2D eigenvalue weighted by atomic mass is 35.5. The molecule has 14 nitrogen and oxygen atoms in total. The number of carbonyl (C=O) groups is 6. The molecule has 90 heavy (non-hydrogen) atoms. The minimum absolute atomic E-state index is 0. The number of ether oxygens (including phenoxy) is 2. The molecular weight excluding hydrogens is 1290 g/mol. The number of amides is 4. The standard InChI is InChI=1S/C33H35Cl2F3N2O4.C24H20Cl2F3NO3.C8H16N2O2.ClH/c1-2-39-29(42)26-9-6-18(13-44-26)10-25(41)21-12-32(14-31(15-32,16-36)17-37)33(27(21)20-4-3-5-23(35)28(20)38)22-8-7-19(34)11-24(22)40-30(33)43;25-12-4-5-15-17(6-12)30-21(33)24(15)18(13-2-1-3-16(26)19(13)29)14(20(31)32)7-23(24)8-22(9-23,10-27)11-28;1-2-10-8(11)7-4-3-6(9)5-12-7;/h3-5,7-8,11,18,21,26-27H,2,6,9-10,12-17H2,1H3,(H,39,42)(H,40,43);1-6,14,18H,7-11H2,(H,30,33)(H,31,32);6-7H,2-5,9H2,1H3,(H,10,11);1H/t18-,21-,26-,27-,33+;14-,18+,24-;6-,7+;/m011./s1. The number of hydrogen-bond acceptors (Lipinski definition) is 9. The summed E-state index contributed by atoms with van der Waals surface area (Å²) in [5.74, 6) is -8.35. The highest BCUT2D eigenvalue weighted by Gasteiger charge is 2.79. The van der Waals surface area contributed by atoms with Gasteiger partial charge in [0.15, 0.2) is 0 Å². The summed E-state index contributed by atoms with van der Waals surface area (Å²) in [5.41, 5.74) is -0.0888. The summed E-state index contributed by atoms with van der Waals surface area (Å²) in [7, 11) is 0. The molecule has 0 unspecified atom stereocenters. The number of anilines is 2. The minimum atomic E-state index is -1.55. The predicted octanol–water partition coefficient (Wildman–Crippen LogP) is 12.7. The number of halogens is 11. The van der Waals surface area contributed by atoms with Crippen LogP contribution in [0.3, 0.4) is 0 Å². The Bertz CT molecular complexity index is 3410. The van der Waals surface area contributed by atoms with Gasteiger partial charge in [0, 0.05) is 75.6 Å². The monoisotopic (exact) mass is 1360 g/mol. The minimum Gasteiger partial charge on any atom is -0.481 e. The van der Waals surface area contributed by atoms with Gasteiger partial charge in [-0.15, -0.1) is 12.4 Å². The highest BCUT2D eigenvalue weighted by Crippen LogP contribution is 2.79. The smallest absolute Gasteiger partial charge is 0.307 e. The Balaban J connectivity index is 0.000000183. The van der Waals surface area contributed by atoms with Gasteiger partial charge in [0.25, 0.3) is 0 Å². The third-order valence-corrected chi connectivity index (χ3v) is 21.5. The first-order chi connectivity index (χ1) is 42.4. The third-order valence-electron chi connectivity index (χ3n) is 20.5. The van der Waals surface area contributed by atoms with Crippen LogP contribution in [0.15, 0.2) is 72.8 Å².